The topological polar surface area (TPSA) is 50.1 Å². The number of ether oxygens (including phenoxy) is 1. The first kappa shape index (κ1) is 22.8. The van der Waals surface area contributed by atoms with Gasteiger partial charge in [0.1, 0.15) is 5.75 Å². The summed E-state index contributed by atoms with van der Waals surface area (Å²) < 4.78 is 5.37. The zero-order chi connectivity index (χ0) is 23.8. The number of nitrogens with zero attached hydrogens (tertiary/aromatic N) is 1. The lowest BCUT2D eigenvalue weighted by Gasteiger charge is -2.12. The van der Waals surface area contributed by atoms with Gasteiger partial charge in [-0.2, -0.15) is 5.26 Å². The molecular weight excluding hydrogens is 418 g/mol. The number of carbonyl (C=O) groups is 1. The van der Waals surface area contributed by atoms with E-state index in [2.05, 4.69) is 61.5 Å². The van der Waals surface area contributed by atoms with E-state index < -0.39 is 5.97 Å². The van der Waals surface area contributed by atoms with Crippen LogP contribution in [0, 0.1) is 11.3 Å². The minimum atomic E-state index is -0.430. The Kier molecular flexibility index (Phi) is 7.32. The van der Waals surface area contributed by atoms with Crippen molar-refractivity contribution in [1.29, 1.82) is 5.26 Å². The second-order valence-electron chi connectivity index (χ2n) is 8.24. The maximum absolute atomic E-state index is 12.4. The summed E-state index contributed by atoms with van der Waals surface area (Å²) in [5.74, 6) is 0.458. The number of esters is 1. The molecule has 3 nitrogen and oxygen atoms in total. The molecule has 4 aromatic carbocycles. The molecule has 0 spiro atoms. The van der Waals surface area contributed by atoms with Crippen molar-refractivity contribution < 1.29 is 9.53 Å². The SMILES string of the molecule is CC(Cc1ccc(/C=C/c2ccc(C(=O)Oc3ccc(C#N)cc3)cc2)cc1)c1ccccc1. The molecule has 0 aliphatic rings. The van der Waals surface area contributed by atoms with Gasteiger partial charge in [0.2, 0.25) is 0 Å². The monoisotopic (exact) mass is 443 g/mol. The second-order valence-corrected chi connectivity index (χ2v) is 8.24. The molecule has 34 heavy (non-hydrogen) atoms. The van der Waals surface area contributed by atoms with E-state index in [-0.39, 0.29) is 0 Å². The van der Waals surface area contributed by atoms with Crippen molar-refractivity contribution in [3.8, 4) is 11.8 Å². The van der Waals surface area contributed by atoms with Crippen LogP contribution in [0.5, 0.6) is 5.75 Å². The van der Waals surface area contributed by atoms with E-state index in [4.69, 9.17) is 10.00 Å². The first-order valence-electron chi connectivity index (χ1n) is 11.2. The summed E-state index contributed by atoms with van der Waals surface area (Å²) in [7, 11) is 0. The number of nitriles is 1. The van der Waals surface area contributed by atoms with Gasteiger partial charge in [-0.1, -0.05) is 85.8 Å². The molecule has 0 radical (unpaired) electrons. The summed E-state index contributed by atoms with van der Waals surface area (Å²) in [5.41, 5.74) is 5.79. The largest absolute Gasteiger partial charge is 0.423 e. The summed E-state index contributed by atoms with van der Waals surface area (Å²) in [5, 5.41) is 8.85. The lowest BCUT2D eigenvalue weighted by molar-refractivity contribution is 0.0734. The predicted octanol–water partition coefficient (Wildman–Crippen LogP) is 7.29. The van der Waals surface area contributed by atoms with E-state index in [0.29, 0.717) is 22.8 Å². The van der Waals surface area contributed by atoms with Crippen LogP contribution in [0.3, 0.4) is 0 Å². The minimum Gasteiger partial charge on any atom is -0.423 e. The van der Waals surface area contributed by atoms with Crippen molar-refractivity contribution in [2.45, 2.75) is 19.3 Å². The van der Waals surface area contributed by atoms with Gasteiger partial charge in [0, 0.05) is 0 Å². The van der Waals surface area contributed by atoms with Crippen LogP contribution in [-0.4, -0.2) is 5.97 Å². The van der Waals surface area contributed by atoms with Crippen LogP contribution in [0.1, 0.15) is 51.0 Å². The van der Waals surface area contributed by atoms with Crippen LogP contribution in [0.25, 0.3) is 12.2 Å². The molecule has 0 heterocycles. The zero-order valence-corrected chi connectivity index (χ0v) is 19.0. The third-order valence-electron chi connectivity index (χ3n) is 5.70. The average molecular weight is 444 g/mol. The molecule has 0 amide bonds. The molecule has 0 aliphatic carbocycles. The van der Waals surface area contributed by atoms with E-state index in [0.717, 1.165) is 17.5 Å². The van der Waals surface area contributed by atoms with Gasteiger partial charge in [-0.05, 0) is 71.0 Å². The maximum Gasteiger partial charge on any atom is 0.343 e. The Morgan fingerprint density at radius 1 is 0.824 bits per heavy atom. The summed E-state index contributed by atoms with van der Waals surface area (Å²) in [6.45, 7) is 2.26. The van der Waals surface area contributed by atoms with Crippen molar-refractivity contribution in [1.82, 2.24) is 0 Å². The van der Waals surface area contributed by atoms with Gasteiger partial charge in [0.25, 0.3) is 0 Å². The Bertz CT molecular complexity index is 1300. The molecule has 1 atom stereocenters. The first-order chi connectivity index (χ1) is 16.6. The van der Waals surface area contributed by atoms with Crippen LogP contribution in [-0.2, 0) is 6.42 Å². The van der Waals surface area contributed by atoms with Gasteiger partial charge in [0.15, 0.2) is 0 Å². The van der Waals surface area contributed by atoms with E-state index in [1.54, 1.807) is 36.4 Å². The molecule has 0 bridgehead atoms. The van der Waals surface area contributed by atoms with Gasteiger partial charge in [-0.15, -0.1) is 0 Å². The highest BCUT2D eigenvalue weighted by Crippen LogP contribution is 2.21. The third-order valence-corrected chi connectivity index (χ3v) is 5.70. The fourth-order valence-corrected chi connectivity index (χ4v) is 3.70. The molecule has 0 saturated heterocycles. The Morgan fingerprint density at radius 3 is 2.00 bits per heavy atom. The van der Waals surface area contributed by atoms with Crippen LogP contribution in [0.15, 0.2) is 103 Å². The fourth-order valence-electron chi connectivity index (χ4n) is 3.70. The number of carbonyl (C=O) groups excluding carboxylic acids is 1. The van der Waals surface area contributed by atoms with Crippen molar-refractivity contribution >= 4 is 18.1 Å². The van der Waals surface area contributed by atoms with E-state index in [9.17, 15) is 4.79 Å². The van der Waals surface area contributed by atoms with Crippen molar-refractivity contribution in [2.75, 3.05) is 0 Å². The Balaban J connectivity index is 1.33. The van der Waals surface area contributed by atoms with Crippen LogP contribution >= 0.6 is 0 Å². The summed E-state index contributed by atoms with van der Waals surface area (Å²) in [6, 6.07) is 35.0. The van der Waals surface area contributed by atoms with Gasteiger partial charge >= 0.3 is 5.97 Å². The smallest absolute Gasteiger partial charge is 0.343 e. The van der Waals surface area contributed by atoms with Crippen molar-refractivity contribution in [3.05, 3.63) is 137 Å². The Morgan fingerprint density at radius 2 is 1.41 bits per heavy atom. The molecule has 0 saturated carbocycles. The third kappa shape index (κ3) is 6.09. The van der Waals surface area contributed by atoms with Crippen LogP contribution in [0.4, 0.5) is 0 Å². The van der Waals surface area contributed by atoms with Crippen LogP contribution < -0.4 is 4.74 Å². The maximum atomic E-state index is 12.4. The molecular formula is C31H25NO2. The van der Waals surface area contributed by atoms with Crippen molar-refractivity contribution in [3.63, 3.8) is 0 Å². The lowest BCUT2D eigenvalue weighted by Crippen LogP contribution is -2.08. The van der Waals surface area contributed by atoms with E-state index in [1.165, 1.54) is 11.1 Å². The quantitative estimate of drug-likeness (QED) is 0.171. The van der Waals surface area contributed by atoms with E-state index >= 15 is 0 Å². The molecule has 1 unspecified atom stereocenters. The highest BCUT2D eigenvalue weighted by atomic mass is 16.5. The minimum absolute atomic E-state index is 0.412. The normalized spacial score (nSPS) is 11.6. The number of benzene rings is 4. The lowest BCUT2D eigenvalue weighted by atomic mass is 9.93. The van der Waals surface area contributed by atoms with E-state index in [1.807, 2.05) is 30.3 Å². The Hall–Kier alpha value is -4.42. The molecule has 4 rings (SSSR count). The summed E-state index contributed by atoms with van der Waals surface area (Å²) in [6.07, 6.45) is 5.10. The van der Waals surface area contributed by atoms with Gasteiger partial charge < -0.3 is 4.74 Å². The molecule has 0 aliphatic heterocycles. The first-order valence-corrected chi connectivity index (χ1v) is 11.2. The standard InChI is InChI=1S/C31H25NO2/c1-23(28-5-3-2-4-6-28)21-26-11-9-24(10-12-26)7-8-25-13-17-29(18-14-25)31(33)34-30-19-15-27(22-32)16-20-30/h2-20,23H,21H2,1H3/b8-7+. The predicted molar refractivity (Wildman–Crippen MR) is 136 cm³/mol. The second kappa shape index (κ2) is 10.9. The van der Waals surface area contributed by atoms with Gasteiger partial charge in [-0.25, -0.2) is 4.79 Å². The molecule has 166 valence electrons. The molecule has 4 aromatic rings. The van der Waals surface area contributed by atoms with Gasteiger partial charge in [0.05, 0.1) is 17.2 Å². The van der Waals surface area contributed by atoms with Crippen molar-refractivity contribution in [2.24, 2.45) is 0 Å². The summed E-state index contributed by atoms with van der Waals surface area (Å²) in [4.78, 5) is 12.4. The number of hydrogen-bond donors (Lipinski definition) is 0. The highest BCUT2D eigenvalue weighted by Gasteiger charge is 2.08. The zero-order valence-electron chi connectivity index (χ0n) is 19.0. The number of rotatable bonds is 7. The molecule has 0 aromatic heterocycles. The number of hydrogen-bond acceptors (Lipinski definition) is 3. The fraction of sp³-hybridized carbons (Fsp3) is 0.0968. The average Bonchev–Trinajstić information content (AvgIpc) is 2.89. The van der Waals surface area contributed by atoms with Crippen LogP contribution in [0.2, 0.25) is 0 Å². The highest BCUT2D eigenvalue weighted by molar-refractivity contribution is 5.91. The van der Waals surface area contributed by atoms with Gasteiger partial charge in [-0.3, -0.25) is 0 Å². The molecule has 0 fully saturated rings. The molecule has 3 heteroatoms. The molecule has 0 N–H and O–H groups in total. The Labute approximate surface area is 200 Å². The summed E-state index contributed by atoms with van der Waals surface area (Å²) >= 11 is 0.